The first-order chi connectivity index (χ1) is 16.9. The molecular formula is C29H32N2O3S. The highest BCUT2D eigenvalue weighted by Crippen LogP contribution is 2.42. The summed E-state index contributed by atoms with van der Waals surface area (Å²) < 4.78 is 28.8. The molecule has 6 heteroatoms. The number of aryl methyl sites for hydroxylation is 2. The zero-order valence-corrected chi connectivity index (χ0v) is 21.0. The van der Waals surface area contributed by atoms with Crippen LogP contribution in [0.4, 0.5) is 0 Å². The van der Waals surface area contributed by atoms with Crippen molar-refractivity contribution in [2.75, 3.05) is 26.2 Å². The van der Waals surface area contributed by atoms with Crippen molar-refractivity contribution in [3.8, 4) is 11.1 Å². The van der Waals surface area contributed by atoms with Gasteiger partial charge >= 0.3 is 0 Å². The minimum Gasteiger partial charge on any atom is -0.395 e. The second-order valence-corrected chi connectivity index (χ2v) is 11.5. The van der Waals surface area contributed by atoms with Gasteiger partial charge in [-0.25, -0.2) is 8.42 Å². The zero-order valence-electron chi connectivity index (χ0n) is 20.2. The number of hydrogen-bond acceptors (Lipinski definition) is 4. The van der Waals surface area contributed by atoms with Crippen LogP contribution in [0.25, 0.3) is 11.1 Å². The van der Waals surface area contributed by atoms with Gasteiger partial charge in [0.2, 0.25) is 10.0 Å². The van der Waals surface area contributed by atoms with Gasteiger partial charge in [0.15, 0.2) is 0 Å². The lowest BCUT2D eigenvalue weighted by molar-refractivity contribution is -0.0415. The summed E-state index contributed by atoms with van der Waals surface area (Å²) in [7, 11) is -3.64. The minimum atomic E-state index is -3.64. The Labute approximate surface area is 208 Å². The molecule has 2 heterocycles. The summed E-state index contributed by atoms with van der Waals surface area (Å²) in [6.07, 6.45) is 3.94. The van der Waals surface area contributed by atoms with E-state index in [1.54, 1.807) is 16.4 Å². The van der Waals surface area contributed by atoms with Crippen molar-refractivity contribution in [2.45, 2.75) is 36.7 Å². The van der Waals surface area contributed by atoms with Crippen molar-refractivity contribution >= 4 is 10.0 Å². The third kappa shape index (κ3) is 4.47. The SMILES string of the molecule is Cc1cccc(-c2ccc([C@@H]3[C@@H](CO)N4CC=CCN(S(=O)(=O)c5ccccc5C)C[C@@H]34)cc2)c1. The van der Waals surface area contributed by atoms with E-state index in [4.69, 9.17) is 0 Å². The molecule has 0 aliphatic carbocycles. The van der Waals surface area contributed by atoms with Crippen LogP contribution in [0.5, 0.6) is 0 Å². The predicted octanol–water partition coefficient (Wildman–Crippen LogP) is 4.36. The van der Waals surface area contributed by atoms with E-state index in [1.807, 2.05) is 31.2 Å². The number of benzene rings is 3. The maximum absolute atomic E-state index is 13.6. The summed E-state index contributed by atoms with van der Waals surface area (Å²) in [6, 6.07) is 24.1. The Balaban J connectivity index is 1.45. The van der Waals surface area contributed by atoms with Crippen LogP contribution in [0.1, 0.15) is 22.6 Å². The molecule has 0 spiro atoms. The summed E-state index contributed by atoms with van der Waals surface area (Å²) >= 11 is 0. The van der Waals surface area contributed by atoms with E-state index in [-0.39, 0.29) is 24.6 Å². The maximum atomic E-state index is 13.6. The van der Waals surface area contributed by atoms with Crippen LogP contribution >= 0.6 is 0 Å². The second kappa shape index (κ2) is 9.70. The lowest BCUT2D eigenvalue weighted by atomic mass is 9.74. The molecule has 3 aromatic carbocycles. The molecule has 0 saturated carbocycles. The van der Waals surface area contributed by atoms with Crippen LogP contribution in [0.2, 0.25) is 0 Å². The smallest absolute Gasteiger partial charge is 0.243 e. The Kier molecular flexibility index (Phi) is 6.64. The molecule has 3 atom stereocenters. The summed E-state index contributed by atoms with van der Waals surface area (Å²) in [5, 5.41) is 10.2. The fourth-order valence-corrected chi connectivity index (χ4v) is 7.18. The van der Waals surface area contributed by atoms with E-state index >= 15 is 0 Å². The standard InChI is InChI=1S/C29H32N2O3S/c1-21-8-7-10-25(18-21)23-12-14-24(15-13-23)29-26-19-30(16-5-6-17-31(26)27(29)20-32)35(33,34)28-11-4-3-9-22(28)2/h3-15,18,26-27,29,32H,16-17,19-20H2,1-2H3/t26-,27+,29-/m0/s1. The molecule has 1 saturated heterocycles. The van der Waals surface area contributed by atoms with Gasteiger partial charge in [-0.2, -0.15) is 4.31 Å². The monoisotopic (exact) mass is 488 g/mol. The number of rotatable bonds is 5. The Bertz CT molecular complexity index is 1330. The topological polar surface area (TPSA) is 60.9 Å². The van der Waals surface area contributed by atoms with Crippen molar-refractivity contribution in [1.29, 1.82) is 0 Å². The Morgan fingerprint density at radius 3 is 2.34 bits per heavy atom. The number of nitrogens with zero attached hydrogens (tertiary/aromatic N) is 2. The van der Waals surface area contributed by atoms with Crippen LogP contribution in [0, 0.1) is 13.8 Å². The van der Waals surface area contributed by atoms with Gasteiger partial charge in [0.25, 0.3) is 0 Å². The van der Waals surface area contributed by atoms with Gasteiger partial charge in [-0.15, -0.1) is 0 Å². The van der Waals surface area contributed by atoms with Gasteiger partial charge in [-0.05, 0) is 42.2 Å². The molecule has 2 aliphatic heterocycles. The molecule has 1 N–H and O–H groups in total. The average molecular weight is 489 g/mol. The number of sulfonamides is 1. The number of hydrogen-bond donors (Lipinski definition) is 1. The van der Waals surface area contributed by atoms with Crippen LogP contribution in [-0.4, -0.2) is 61.1 Å². The molecule has 5 nitrogen and oxygen atoms in total. The fraction of sp³-hybridized carbons (Fsp3) is 0.310. The zero-order chi connectivity index (χ0) is 24.6. The van der Waals surface area contributed by atoms with Gasteiger partial charge in [0.05, 0.1) is 11.5 Å². The number of aliphatic hydroxyl groups is 1. The predicted molar refractivity (Wildman–Crippen MR) is 140 cm³/mol. The summed E-state index contributed by atoms with van der Waals surface area (Å²) in [4.78, 5) is 2.59. The van der Waals surface area contributed by atoms with Crippen molar-refractivity contribution in [2.24, 2.45) is 0 Å². The highest BCUT2D eigenvalue weighted by Gasteiger charge is 2.49. The molecule has 0 aromatic heterocycles. The first kappa shape index (κ1) is 23.9. The van der Waals surface area contributed by atoms with E-state index in [0.717, 1.165) is 16.7 Å². The van der Waals surface area contributed by atoms with E-state index in [2.05, 4.69) is 60.4 Å². The van der Waals surface area contributed by atoms with Gasteiger partial charge in [-0.1, -0.05) is 84.4 Å². The van der Waals surface area contributed by atoms with Crippen molar-refractivity contribution in [3.05, 3.63) is 102 Å². The second-order valence-electron chi connectivity index (χ2n) is 9.59. The first-order valence-corrected chi connectivity index (χ1v) is 13.6. The van der Waals surface area contributed by atoms with Crippen LogP contribution < -0.4 is 0 Å². The average Bonchev–Trinajstić information content (AvgIpc) is 2.83. The van der Waals surface area contributed by atoms with Crippen molar-refractivity contribution < 1.29 is 13.5 Å². The van der Waals surface area contributed by atoms with E-state index in [9.17, 15) is 13.5 Å². The molecule has 5 rings (SSSR count). The third-order valence-electron chi connectivity index (χ3n) is 7.41. The molecule has 0 unspecified atom stereocenters. The largest absolute Gasteiger partial charge is 0.395 e. The van der Waals surface area contributed by atoms with E-state index in [1.165, 1.54) is 11.1 Å². The molecule has 3 aromatic rings. The maximum Gasteiger partial charge on any atom is 0.243 e. The Hall–Kier alpha value is -2.77. The molecule has 2 aliphatic rings. The number of fused-ring (bicyclic) bond motifs is 1. The van der Waals surface area contributed by atoms with Crippen LogP contribution in [0.15, 0.2) is 89.8 Å². The Morgan fingerprint density at radius 1 is 0.886 bits per heavy atom. The quantitative estimate of drug-likeness (QED) is 0.542. The summed E-state index contributed by atoms with van der Waals surface area (Å²) in [5.74, 6) is 0.0626. The van der Waals surface area contributed by atoms with Gasteiger partial charge in [0, 0.05) is 37.6 Å². The van der Waals surface area contributed by atoms with Crippen LogP contribution in [0.3, 0.4) is 0 Å². The summed E-state index contributed by atoms with van der Waals surface area (Å²) in [5.41, 5.74) is 5.44. The molecule has 0 radical (unpaired) electrons. The summed E-state index contributed by atoms with van der Waals surface area (Å²) in [6.45, 7) is 5.42. The van der Waals surface area contributed by atoms with Crippen LogP contribution in [-0.2, 0) is 10.0 Å². The lowest BCUT2D eigenvalue weighted by Gasteiger charge is -2.56. The van der Waals surface area contributed by atoms with E-state index < -0.39 is 10.0 Å². The highest BCUT2D eigenvalue weighted by molar-refractivity contribution is 7.89. The highest BCUT2D eigenvalue weighted by atomic mass is 32.2. The third-order valence-corrected chi connectivity index (χ3v) is 9.40. The molecular weight excluding hydrogens is 456 g/mol. The van der Waals surface area contributed by atoms with Gasteiger partial charge in [0.1, 0.15) is 0 Å². The minimum absolute atomic E-state index is 0.000660. The molecule has 35 heavy (non-hydrogen) atoms. The van der Waals surface area contributed by atoms with Gasteiger partial charge < -0.3 is 5.11 Å². The molecule has 182 valence electrons. The lowest BCUT2D eigenvalue weighted by Crippen LogP contribution is -2.67. The van der Waals surface area contributed by atoms with Gasteiger partial charge in [-0.3, -0.25) is 4.90 Å². The molecule has 1 fully saturated rings. The molecule has 0 amide bonds. The van der Waals surface area contributed by atoms with Crippen molar-refractivity contribution in [1.82, 2.24) is 9.21 Å². The molecule has 0 bridgehead atoms. The Morgan fingerprint density at radius 2 is 1.63 bits per heavy atom. The number of aliphatic hydroxyl groups excluding tert-OH is 1. The first-order valence-electron chi connectivity index (χ1n) is 12.1. The van der Waals surface area contributed by atoms with E-state index in [0.29, 0.717) is 24.5 Å². The van der Waals surface area contributed by atoms with Crippen molar-refractivity contribution in [3.63, 3.8) is 0 Å². The normalized spacial score (nSPS) is 23.2. The fourth-order valence-electron chi connectivity index (χ4n) is 5.54.